The largest absolute Gasteiger partial charge is 0.467 e. The molecule has 0 aliphatic rings. The first-order chi connectivity index (χ1) is 9.56. The average Bonchev–Trinajstić information content (AvgIpc) is 2.92. The van der Waals surface area contributed by atoms with Gasteiger partial charge in [0.15, 0.2) is 0 Å². The fourth-order valence-corrected chi connectivity index (χ4v) is 1.80. The van der Waals surface area contributed by atoms with Crippen molar-refractivity contribution in [2.24, 2.45) is 5.73 Å². The van der Waals surface area contributed by atoms with Gasteiger partial charge in [-0.3, -0.25) is 0 Å². The Morgan fingerprint density at radius 3 is 2.60 bits per heavy atom. The first kappa shape index (κ1) is 14.1. The van der Waals surface area contributed by atoms with Crippen molar-refractivity contribution in [3.05, 3.63) is 54.0 Å². The molecule has 1 atom stereocenters. The van der Waals surface area contributed by atoms with Gasteiger partial charge in [0.05, 0.1) is 12.8 Å². The molecule has 1 aromatic heterocycles. The maximum atomic E-state index is 12.0. The number of rotatable bonds is 4. The van der Waals surface area contributed by atoms with E-state index < -0.39 is 0 Å². The van der Waals surface area contributed by atoms with E-state index in [9.17, 15) is 4.79 Å². The number of carbonyl (C=O) groups is 1. The molecule has 0 saturated heterocycles. The van der Waals surface area contributed by atoms with Crippen molar-refractivity contribution in [3.63, 3.8) is 0 Å². The minimum absolute atomic E-state index is 0.0126. The summed E-state index contributed by atoms with van der Waals surface area (Å²) in [6, 6.07) is 10.9. The highest BCUT2D eigenvalue weighted by Gasteiger charge is 2.10. The number of carbonyl (C=O) groups excluding carboxylic acids is 1. The smallest absolute Gasteiger partial charge is 0.321 e. The highest BCUT2D eigenvalue weighted by Crippen LogP contribution is 2.15. The van der Waals surface area contributed by atoms with Crippen LogP contribution in [0.4, 0.5) is 10.5 Å². The first-order valence-electron chi connectivity index (χ1n) is 6.46. The van der Waals surface area contributed by atoms with E-state index in [1.54, 1.807) is 24.3 Å². The van der Waals surface area contributed by atoms with Crippen LogP contribution in [-0.2, 0) is 6.54 Å². The molecule has 5 nitrogen and oxygen atoms in total. The number of urea groups is 1. The van der Waals surface area contributed by atoms with Gasteiger partial charge in [-0.25, -0.2) is 4.79 Å². The van der Waals surface area contributed by atoms with Gasteiger partial charge < -0.3 is 20.4 Å². The molecule has 5 heteroatoms. The van der Waals surface area contributed by atoms with Crippen LogP contribution >= 0.6 is 0 Å². The number of benzene rings is 1. The van der Waals surface area contributed by atoms with Crippen molar-refractivity contribution in [2.75, 3.05) is 12.4 Å². The third-order valence-corrected chi connectivity index (χ3v) is 3.01. The number of furan rings is 1. The Bertz CT molecular complexity index is 547. The van der Waals surface area contributed by atoms with E-state index in [1.165, 1.54) is 0 Å². The molecule has 0 saturated carbocycles. The van der Waals surface area contributed by atoms with E-state index in [0.717, 1.165) is 17.0 Å². The van der Waals surface area contributed by atoms with Crippen LogP contribution in [0.5, 0.6) is 0 Å². The number of anilines is 1. The summed E-state index contributed by atoms with van der Waals surface area (Å²) in [5, 5.41) is 2.82. The molecule has 20 heavy (non-hydrogen) atoms. The highest BCUT2D eigenvalue weighted by molar-refractivity contribution is 5.89. The molecule has 0 aliphatic heterocycles. The molecular formula is C15H19N3O2. The van der Waals surface area contributed by atoms with E-state index in [-0.39, 0.29) is 12.1 Å². The lowest BCUT2D eigenvalue weighted by molar-refractivity contribution is 0.217. The van der Waals surface area contributed by atoms with Gasteiger partial charge in [0.25, 0.3) is 0 Å². The van der Waals surface area contributed by atoms with Crippen LogP contribution in [0.1, 0.15) is 24.3 Å². The SMILES string of the molecule is CC(N)c1ccc(NC(=O)N(C)Cc2ccco2)cc1. The van der Waals surface area contributed by atoms with E-state index in [2.05, 4.69) is 5.32 Å². The van der Waals surface area contributed by atoms with E-state index in [0.29, 0.717) is 6.54 Å². The molecule has 1 aromatic carbocycles. The lowest BCUT2D eigenvalue weighted by Crippen LogP contribution is -2.30. The van der Waals surface area contributed by atoms with Gasteiger partial charge in [0, 0.05) is 18.8 Å². The molecule has 2 amide bonds. The minimum Gasteiger partial charge on any atom is -0.467 e. The van der Waals surface area contributed by atoms with Gasteiger partial charge in [-0.2, -0.15) is 0 Å². The maximum Gasteiger partial charge on any atom is 0.321 e. The average molecular weight is 273 g/mol. The van der Waals surface area contributed by atoms with Crippen LogP contribution in [0.15, 0.2) is 47.1 Å². The Kier molecular flexibility index (Phi) is 4.42. The number of amides is 2. The predicted octanol–water partition coefficient (Wildman–Crippen LogP) is 2.96. The molecule has 0 spiro atoms. The van der Waals surface area contributed by atoms with E-state index in [1.807, 2.05) is 37.3 Å². The molecule has 2 aromatic rings. The second-order valence-corrected chi connectivity index (χ2v) is 4.78. The van der Waals surface area contributed by atoms with Gasteiger partial charge in [-0.05, 0) is 36.8 Å². The Balaban J connectivity index is 1.93. The predicted molar refractivity (Wildman–Crippen MR) is 78.2 cm³/mol. The molecule has 0 aliphatic carbocycles. The van der Waals surface area contributed by atoms with Crippen molar-refractivity contribution < 1.29 is 9.21 Å². The number of nitrogens with one attached hydrogen (secondary N) is 1. The van der Waals surface area contributed by atoms with Crippen molar-refractivity contribution in [1.29, 1.82) is 0 Å². The van der Waals surface area contributed by atoms with Crippen LogP contribution in [0.2, 0.25) is 0 Å². The summed E-state index contributed by atoms with van der Waals surface area (Å²) >= 11 is 0. The Morgan fingerprint density at radius 2 is 2.05 bits per heavy atom. The lowest BCUT2D eigenvalue weighted by atomic mass is 10.1. The summed E-state index contributed by atoms with van der Waals surface area (Å²) in [6.45, 7) is 2.35. The van der Waals surface area contributed by atoms with Crippen LogP contribution < -0.4 is 11.1 Å². The monoisotopic (exact) mass is 273 g/mol. The van der Waals surface area contributed by atoms with Gasteiger partial charge in [-0.1, -0.05) is 12.1 Å². The molecule has 3 N–H and O–H groups in total. The normalized spacial score (nSPS) is 11.9. The summed E-state index contributed by atoms with van der Waals surface area (Å²) in [4.78, 5) is 13.6. The fraction of sp³-hybridized carbons (Fsp3) is 0.267. The van der Waals surface area contributed by atoms with Gasteiger partial charge in [0.1, 0.15) is 5.76 Å². The third-order valence-electron chi connectivity index (χ3n) is 3.01. The fourth-order valence-electron chi connectivity index (χ4n) is 1.80. The Labute approximate surface area is 118 Å². The molecule has 1 unspecified atom stereocenters. The second-order valence-electron chi connectivity index (χ2n) is 4.78. The molecule has 106 valence electrons. The number of hydrogen-bond donors (Lipinski definition) is 2. The lowest BCUT2D eigenvalue weighted by Gasteiger charge is -2.17. The zero-order valence-corrected chi connectivity index (χ0v) is 11.7. The summed E-state index contributed by atoms with van der Waals surface area (Å²) in [6.07, 6.45) is 1.59. The quantitative estimate of drug-likeness (QED) is 0.899. The molecule has 0 radical (unpaired) electrons. The Hall–Kier alpha value is -2.27. The van der Waals surface area contributed by atoms with Crippen molar-refractivity contribution in [3.8, 4) is 0 Å². The third kappa shape index (κ3) is 3.61. The maximum absolute atomic E-state index is 12.0. The number of hydrogen-bond acceptors (Lipinski definition) is 3. The number of nitrogens with zero attached hydrogens (tertiary/aromatic N) is 1. The zero-order valence-electron chi connectivity index (χ0n) is 11.7. The molecular weight excluding hydrogens is 254 g/mol. The summed E-state index contributed by atoms with van der Waals surface area (Å²) in [5.74, 6) is 0.745. The van der Waals surface area contributed by atoms with E-state index >= 15 is 0 Å². The number of nitrogens with two attached hydrogens (primary N) is 1. The molecule has 0 fully saturated rings. The van der Waals surface area contributed by atoms with Crippen molar-refractivity contribution >= 4 is 11.7 Å². The summed E-state index contributed by atoms with van der Waals surface area (Å²) < 4.78 is 5.21. The minimum atomic E-state index is -0.185. The van der Waals surface area contributed by atoms with Crippen molar-refractivity contribution in [1.82, 2.24) is 4.90 Å². The summed E-state index contributed by atoms with van der Waals surface area (Å²) in [5.41, 5.74) is 7.56. The molecule has 1 heterocycles. The van der Waals surface area contributed by atoms with Crippen LogP contribution in [0, 0.1) is 0 Å². The van der Waals surface area contributed by atoms with Gasteiger partial charge >= 0.3 is 6.03 Å². The standard InChI is InChI=1S/C15H19N3O2/c1-11(16)12-5-7-13(8-6-12)17-15(19)18(2)10-14-4-3-9-20-14/h3-9,11H,10,16H2,1-2H3,(H,17,19). The second kappa shape index (κ2) is 6.25. The van der Waals surface area contributed by atoms with Gasteiger partial charge in [-0.15, -0.1) is 0 Å². The van der Waals surface area contributed by atoms with E-state index in [4.69, 9.17) is 10.2 Å². The topological polar surface area (TPSA) is 71.5 Å². The van der Waals surface area contributed by atoms with Gasteiger partial charge in [0.2, 0.25) is 0 Å². The molecule has 2 rings (SSSR count). The summed E-state index contributed by atoms with van der Waals surface area (Å²) in [7, 11) is 1.72. The van der Waals surface area contributed by atoms with Crippen LogP contribution in [0.3, 0.4) is 0 Å². The first-order valence-corrected chi connectivity index (χ1v) is 6.46. The van der Waals surface area contributed by atoms with Crippen LogP contribution in [-0.4, -0.2) is 18.0 Å². The van der Waals surface area contributed by atoms with Crippen molar-refractivity contribution in [2.45, 2.75) is 19.5 Å². The zero-order chi connectivity index (χ0) is 14.5. The Morgan fingerprint density at radius 1 is 1.35 bits per heavy atom. The highest BCUT2D eigenvalue weighted by atomic mass is 16.3. The van der Waals surface area contributed by atoms with Crippen LogP contribution in [0.25, 0.3) is 0 Å². The molecule has 0 bridgehead atoms.